The number of fused-ring (bicyclic) bond motifs is 4. The molecule has 4 heterocycles. The second-order valence-electron chi connectivity index (χ2n) is 16.1. The third kappa shape index (κ3) is 9.73. The van der Waals surface area contributed by atoms with Gasteiger partial charge in [-0.3, -0.25) is 0 Å². The smallest absolute Gasteiger partial charge is 0.407 e. The molecule has 6 rings (SSSR count). The molecule has 2 amide bonds. The van der Waals surface area contributed by atoms with Crippen molar-refractivity contribution >= 4 is 50.4 Å². The van der Waals surface area contributed by atoms with Crippen molar-refractivity contribution in [2.75, 3.05) is 39.5 Å². The summed E-state index contributed by atoms with van der Waals surface area (Å²) in [4.78, 5) is 34.2. The molecule has 2 aromatic carbocycles. The SMILES string of the molecule is CCc1c2c(nc3ccc(OCCCN(Cc4ccc(SSC(C)(C)CNC(=O)OC(C)(C)C)cc4)C(=O)O)cc13)C1=CC3=C(COC[C@]3(O)CC)CN1C2. The number of aryl methyl sites for hydroxylation is 1. The summed E-state index contributed by atoms with van der Waals surface area (Å²) in [5, 5.41) is 25.2. The maximum atomic E-state index is 12.2. The lowest BCUT2D eigenvalue weighted by atomic mass is 9.83. The first-order chi connectivity index (χ1) is 26.1. The number of aliphatic hydroxyl groups is 1. The summed E-state index contributed by atoms with van der Waals surface area (Å²) in [6, 6.07) is 13.9. The van der Waals surface area contributed by atoms with Crippen LogP contribution in [0.5, 0.6) is 5.75 Å². The number of nitrogens with zero attached hydrogens (tertiary/aromatic N) is 3. The van der Waals surface area contributed by atoms with Gasteiger partial charge in [0.15, 0.2) is 0 Å². The van der Waals surface area contributed by atoms with Gasteiger partial charge in [-0.15, -0.1) is 0 Å². The summed E-state index contributed by atoms with van der Waals surface area (Å²) in [5.74, 6) is 0.734. The highest BCUT2D eigenvalue weighted by Crippen LogP contribution is 2.44. The largest absolute Gasteiger partial charge is 0.494 e. The Morgan fingerprint density at radius 3 is 2.55 bits per heavy atom. The number of hydrogen-bond donors (Lipinski definition) is 3. The van der Waals surface area contributed by atoms with Crippen molar-refractivity contribution in [2.45, 2.75) is 102 Å². The second kappa shape index (κ2) is 16.7. The minimum absolute atomic E-state index is 0.238. The number of ether oxygens (including phenoxy) is 3. The van der Waals surface area contributed by atoms with Gasteiger partial charge in [-0.05, 0) is 113 Å². The molecule has 13 heteroatoms. The zero-order valence-corrected chi connectivity index (χ0v) is 34.6. The molecule has 3 aliphatic rings. The van der Waals surface area contributed by atoms with Gasteiger partial charge in [0.05, 0.1) is 36.7 Å². The number of carboxylic acid groups (broad SMARTS) is 1. The summed E-state index contributed by atoms with van der Waals surface area (Å²) in [6.45, 7) is 17.6. The van der Waals surface area contributed by atoms with Crippen LogP contribution in [0.2, 0.25) is 0 Å². The van der Waals surface area contributed by atoms with E-state index in [1.54, 1.807) is 21.6 Å². The summed E-state index contributed by atoms with van der Waals surface area (Å²) in [5.41, 5.74) is 6.95. The quantitative estimate of drug-likeness (QED) is 0.107. The lowest BCUT2D eigenvalue weighted by Crippen LogP contribution is -2.43. The normalized spacial score (nSPS) is 18.0. The second-order valence-corrected chi connectivity index (χ2v) is 19.0. The van der Waals surface area contributed by atoms with Crippen molar-refractivity contribution in [2.24, 2.45) is 0 Å². The van der Waals surface area contributed by atoms with E-state index in [0.29, 0.717) is 45.8 Å². The Morgan fingerprint density at radius 1 is 1.09 bits per heavy atom. The van der Waals surface area contributed by atoms with Crippen LogP contribution in [0.1, 0.15) is 83.7 Å². The molecule has 0 radical (unpaired) electrons. The molecule has 0 spiro atoms. The first-order valence-electron chi connectivity index (χ1n) is 19.1. The Bertz CT molecular complexity index is 1970. The summed E-state index contributed by atoms with van der Waals surface area (Å²) in [6.07, 6.45) is 2.72. The molecular formula is C42H54N4O7S2. The van der Waals surface area contributed by atoms with E-state index in [-0.39, 0.29) is 11.3 Å². The molecule has 0 saturated heterocycles. The number of alkyl carbamates (subject to hydrolysis) is 1. The molecule has 296 valence electrons. The molecule has 0 saturated carbocycles. The molecule has 0 aliphatic carbocycles. The van der Waals surface area contributed by atoms with Gasteiger partial charge < -0.3 is 39.5 Å². The van der Waals surface area contributed by atoms with Crippen LogP contribution in [-0.4, -0.2) is 92.6 Å². The average Bonchev–Trinajstić information content (AvgIpc) is 3.49. The topological polar surface area (TPSA) is 134 Å². The molecule has 11 nitrogen and oxygen atoms in total. The predicted molar refractivity (Wildman–Crippen MR) is 219 cm³/mol. The van der Waals surface area contributed by atoms with Crippen molar-refractivity contribution in [3.63, 3.8) is 0 Å². The lowest BCUT2D eigenvalue weighted by molar-refractivity contribution is -0.0311. The Hall–Kier alpha value is -3.91. The first kappa shape index (κ1) is 40.7. The fourth-order valence-corrected chi connectivity index (χ4v) is 9.33. The van der Waals surface area contributed by atoms with E-state index in [0.717, 1.165) is 69.2 Å². The van der Waals surface area contributed by atoms with Crippen LogP contribution in [0.25, 0.3) is 16.6 Å². The number of amides is 2. The third-order valence-electron chi connectivity index (χ3n) is 10.0. The minimum Gasteiger partial charge on any atom is -0.494 e. The molecular weight excluding hydrogens is 737 g/mol. The van der Waals surface area contributed by atoms with Crippen LogP contribution in [0.4, 0.5) is 9.59 Å². The van der Waals surface area contributed by atoms with E-state index >= 15 is 0 Å². The molecule has 0 bridgehead atoms. The standard InChI is InChI=1S/C42H54N4O7S2/c1-8-31-32-19-29(13-16-35(32)44-37-33(31)23-46-22-28-24-51-26-42(50,9-2)34(28)20-36(37)46)52-18-10-17-45(39(48)49)21-27-11-14-30(15-12-27)54-55-41(6,7)25-43-38(47)53-40(3,4)5/h11-16,19-20,50H,8-10,17-18,21-26H2,1-7H3,(H,43,47)(H,48,49)/t42-/m1/s1. The fourth-order valence-electron chi connectivity index (χ4n) is 7.15. The van der Waals surface area contributed by atoms with E-state index < -0.39 is 23.4 Å². The Balaban J connectivity index is 1.02. The maximum absolute atomic E-state index is 12.2. The zero-order valence-electron chi connectivity index (χ0n) is 33.0. The van der Waals surface area contributed by atoms with E-state index in [1.165, 1.54) is 16.0 Å². The summed E-state index contributed by atoms with van der Waals surface area (Å²) < 4.78 is 17.1. The molecule has 1 atom stereocenters. The van der Waals surface area contributed by atoms with Gasteiger partial charge in [0.1, 0.15) is 17.0 Å². The number of benzene rings is 2. The van der Waals surface area contributed by atoms with Crippen LogP contribution in [-0.2, 0) is 29.0 Å². The number of hydrogen-bond acceptors (Lipinski definition) is 10. The molecule has 55 heavy (non-hydrogen) atoms. The number of aromatic nitrogens is 1. The molecule has 3 N–H and O–H groups in total. The Kier molecular flexibility index (Phi) is 12.4. The molecule has 1 aromatic heterocycles. The highest BCUT2D eigenvalue weighted by Gasteiger charge is 2.41. The van der Waals surface area contributed by atoms with E-state index in [2.05, 4.69) is 43.1 Å². The van der Waals surface area contributed by atoms with E-state index in [4.69, 9.17) is 19.2 Å². The van der Waals surface area contributed by atoms with Gasteiger partial charge in [-0.1, -0.05) is 47.6 Å². The predicted octanol–water partition coefficient (Wildman–Crippen LogP) is 8.43. The highest BCUT2D eigenvalue weighted by atomic mass is 33.1. The van der Waals surface area contributed by atoms with Crippen LogP contribution in [0.15, 0.2) is 64.6 Å². The average molecular weight is 791 g/mol. The Labute approximate surface area is 332 Å². The maximum Gasteiger partial charge on any atom is 0.407 e. The number of rotatable bonds is 14. The lowest BCUT2D eigenvalue weighted by Gasteiger charge is -2.39. The molecule has 3 aromatic rings. The number of nitrogens with one attached hydrogen (secondary N) is 1. The van der Waals surface area contributed by atoms with Gasteiger partial charge in [0.25, 0.3) is 0 Å². The van der Waals surface area contributed by atoms with Gasteiger partial charge >= 0.3 is 12.2 Å². The van der Waals surface area contributed by atoms with Crippen molar-refractivity contribution in [1.29, 1.82) is 0 Å². The summed E-state index contributed by atoms with van der Waals surface area (Å²) in [7, 11) is 3.27. The molecule has 0 fully saturated rings. The van der Waals surface area contributed by atoms with Gasteiger partial charge in [0, 0.05) is 53.3 Å². The van der Waals surface area contributed by atoms with Crippen molar-refractivity contribution < 1.29 is 34.0 Å². The summed E-state index contributed by atoms with van der Waals surface area (Å²) >= 11 is 0. The molecule has 0 unspecified atom stereocenters. The highest BCUT2D eigenvalue weighted by molar-refractivity contribution is 8.77. The van der Waals surface area contributed by atoms with Crippen LogP contribution in [0.3, 0.4) is 0 Å². The van der Waals surface area contributed by atoms with Gasteiger partial charge in [-0.2, -0.15) is 0 Å². The van der Waals surface area contributed by atoms with E-state index in [1.807, 2.05) is 64.1 Å². The molecule has 3 aliphatic heterocycles. The van der Waals surface area contributed by atoms with E-state index in [9.17, 15) is 19.8 Å². The number of carbonyl (C=O) groups is 2. The van der Waals surface area contributed by atoms with Gasteiger partial charge in [0.2, 0.25) is 0 Å². The van der Waals surface area contributed by atoms with Crippen LogP contribution >= 0.6 is 21.6 Å². The third-order valence-corrected chi connectivity index (χ3v) is 13.4. The number of pyridine rings is 1. The first-order valence-corrected chi connectivity index (χ1v) is 21.2. The van der Waals surface area contributed by atoms with Crippen LogP contribution < -0.4 is 10.1 Å². The van der Waals surface area contributed by atoms with Crippen molar-refractivity contribution in [3.05, 3.63) is 82.1 Å². The van der Waals surface area contributed by atoms with Crippen molar-refractivity contribution in [1.82, 2.24) is 20.1 Å². The van der Waals surface area contributed by atoms with Crippen molar-refractivity contribution in [3.8, 4) is 5.75 Å². The Morgan fingerprint density at radius 2 is 1.85 bits per heavy atom. The van der Waals surface area contributed by atoms with Crippen LogP contribution in [0, 0.1) is 0 Å². The fraction of sp³-hybridized carbons (Fsp3) is 0.500. The number of carbonyl (C=O) groups excluding carboxylic acids is 1. The monoisotopic (exact) mass is 790 g/mol. The van der Waals surface area contributed by atoms with Gasteiger partial charge in [-0.25, -0.2) is 14.6 Å². The minimum atomic E-state index is -0.971. The zero-order chi connectivity index (χ0) is 39.5.